The lowest BCUT2D eigenvalue weighted by Crippen LogP contribution is -2.51. The molecule has 1 aromatic carbocycles. The fraction of sp³-hybridized carbons (Fsp3) is 0.579. The summed E-state index contributed by atoms with van der Waals surface area (Å²) in [5.41, 5.74) is -0.323. The molecule has 2 atom stereocenters. The summed E-state index contributed by atoms with van der Waals surface area (Å²) in [4.78, 5) is 25.5. The summed E-state index contributed by atoms with van der Waals surface area (Å²) in [6, 6.07) is 9.65. The minimum atomic E-state index is -0.824. The average molecular weight is 333 g/mol. The first-order chi connectivity index (χ1) is 11.1. The number of ether oxygens (including phenoxy) is 2. The summed E-state index contributed by atoms with van der Waals surface area (Å²) >= 11 is 0. The monoisotopic (exact) mass is 333 g/mol. The number of carbonyl (C=O) groups excluding carboxylic acids is 2. The van der Waals surface area contributed by atoms with Gasteiger partial charge in [-0.2, -0.15) is 0 Å². The van der Waals surface area contributed by atoms with Crippen LogP contribution in [0.15, 0.2) is 30.3 Å². The van der Waals surface area contributed by atoms with E-state index in [-0.39, 0.29) is 18.6 Å². The molecule has 5 nitrogen and oxygen atoms in total. The Labute approximate surface area is 143 Å². The van der Waals surface area contributed by atoms with Crippen molar-refractivity contribution in [2.24, 2.45) is 0 Å². The van der Waals surface area contributed by atoms with Gasteiger partial charge >= 0.3 is 6.09 Å². The normalized spacial score (nSPS) is 23.1. The number of hydrogen-bond acceptors (Lipinski definition) is 4. The van der Waals surface area contributed by atoms with E-state index < -0.39 is 17.4 Å². The maximum atomic E-state index is 12.8. The summed E-state index contributed by atoms with van der Waals surface area (Å²) < 4.78 is 11.6. The lowest BCUT2D eigenvalue weighted by atomic mass is 9.99. The van der Waals surface area contributed by atoms with Gasteiger partial charge in [-0.1, -0.05) is 30.3 Å². The molecule has 0 spiro atoms. The van der Waals surface area contributed by atoms with Crippen molar-refractivity contribution in [2.75, 3.05) is 0 Å². The molecular formula is C19H27NO4. The third-order valence-corrected chi connectivity index (χ3v) is 3.99. The van der Waals surface area contributed by atoms with Crippen LogP contribution in [0, 0.1) is 0 Å². The molecule has 24 heavy (non-hydrogen) atoms. The molecule has 1 fully saturated rings. The Morgan fingerprint density at radius 2 is 1.92 bits per heavy atom. The zero-order chi connectivity index (χ0) is 18.0. The van der Waals surface area contributed by atoms with E-state index >= 15 is 0 Å². The van der Waals surface area contributed by atoms with E-state index in [0.717, 1.165) is 11.8 Å². The second kappa shape index (κ2) is 6.93. The average Bonchev–Trinajstić information content (AvgIpc) is 2.69. The molecule has 1 heterocycles. The molecule has 2 rings (SSSR count). The van der Waals surface area contributed by atoms with Crippen molar-refractivity contribution in [3.05, 3.63) is 35.9 Å². The molecule has 0 aromatic heterocycles. The molecule has 1 saturated heterocycles. The smallest absolute Gasteiger partial charge is 0.412 e. The first kappa shape index (κ1) is 18.5. The van der Waals surface area contributed by atoms with Crippen molar-refractivity contribution >= 4 is 12.4 Å². The SMILES string of the molecule is CC(C)(C)OC(=O)N1[C@H](Cc2ccccc2)[C@H](CC=O)OC1(C)C. The van der Waals surface area contributed by atoms with Crippen LogP contribution in [0.25, 0.3) is 0 Å². The predicted molar refractivity (Wildman–Crippen MR) is 91.6 cm³/mol. The van der Waals surface area contributed by atoms with Gasteiger partial charge < -0.3 is 14.3 Å². The van der Waals surface area contributed by atoms with Crippen LogP contribution < -0.4 is 0 Å². The first-order valence-electron chi connectivity index (χ1n) is 8.32. The van der Waals surface area contributed by atoms with E-state index in [4.69, 9.17) is 9.47 Å². The summed E-state index contributed by atoms with van der Waals surface area (Å²) in [5, 5.41) is 0. The van der Waals surface area contributed by atoms with Crippen molar-refractivity contribution in [3.8, 4) is 0 Å². The second-order valence-electron chi connectivity index (χ2n) is 7.61. The van der Waals surface area contributed by atoms with E-state index in [0.29, 0.717) is 6.42 Å². The standard InChI is InChI=1S/C19H27NO4/c1-18(2,3)24-17(22)20-15(13-14-9-7-6-8-10-14)16(11-12-21)23-19(20,4)5/h6-10,12,15-16H,11,13H2,1-5H3/t15-,16+/m1/s1. The lowest BCUT2D eigenvalue weighted by Gasteiger charge is -2.35. The third-order valence-electron chi connectivity index (χ3n) is 3.99. The number of benzene rings is 1. The van der Waals surface area contributed by atoms with Gasteiger partial charge in [-0.05, 0) is 46.6 Å². The molecule has 0 bridgehead atoms. The zero-order valence-electron chi connectivity index (χ0n) is 15.1. The van der Waals surface area contributed by atoms with E-state index in [9.17, 15) is 9.59 Å². The summed E-state index contributed by atoms with van der Waals surface area (Å²) in [6.45, 7) is 9.18. The maximum absolute atomic E-state index is 12.8. The Balaban J connectivity index is 2.30. The number of amides is 1. The fourth-order valence-electron chi connectivity index (χ4n) is 3.12. The Kier molecular flexibility index (Phi) is 5.33. The van der Waals surface area contributed by atoms with E-state index in [1.165, 1.54) is 0 Å². The quantitative estimate of drug-likeness (QED) is 0.791. The van der Waals surface area contributed by atoms with E-state index in [2.05, 4.69) is 0 Å². The molecule has 0 N–H and O–H groups in total. The Morgan fingerprint density at radius 3 is 2.46 bits per heavy atom. The van der Waals surface area contributed by atoms with E-state index in [1.54, 1.807) is 4.90 Å². The van der Waals surface area contributed by atoms with Crippen molar-refractivity contribution in [3.63, 3.8) is 0 Å². The fourth-order valence-corrected chi connectivity index (χ4v) is 3.12. The van der Waals surface area contributed by atoms with Crippen LogP contribution in [-0.2, 0) is 20.7 Å². The minimum absolute atomic E-state index is 0.248. The van der Waals surface area contributed by atoms with Gasteiger partial charge in [0.2, 0.25) is 0 Å². The van der Waals surface area contributed by atoms with Crippen LogP contribution in [0.1, 0.15) is 46.6 Å². The van der Waals surface area contributed by atoms with Gasteiger partial charge in [0.1, 0.15) is 17.6 Å². The highest BCUT2D eigenvalue weighted by molar-refractivity contribution is 5.70. The van der Waals surface area contributed by atoms with Gasteiger partial charge in [0.15, 0.2) is 0 Å². The van der Waals surface area contributed by atoms with Crippen LogP contribution >= 0.6 is 0 Å². The van der Waals surface area contributed by atoms with Crippen LogP contribution in [-0.4, -0.2) is 40.8 Å². The maximum Gasteiger partial charge on any atom is 0.412 e. The number of nitrogens with zero attached hydrogens (tertiary/aromatic N) is 1. The largest absolute Gasteiger partial charge is 0.444 e. The Morgan fingerprint density at radius 1 is 1.29 bits per heavy atom. The van der Waals surface area contributed by atoms with Gasteiger partial charge in [0, 0.05) is 6.42 Å². The van der Waals surface area contributed by atoms with Crippen LogP contribution in [0.3, 0.4) is 0 Å². The molecular weight excluding hydrogens is 306 g/mol. The molecule has 0 saturated carbocycles. The van der Waals surface area contributed by atoms with Gasteiger partial charge in [-0.15, -0.1) is 0 Å². The number of hydrogen-bond donors (Lipinski definition) is 0. The number of aldehydes is 1. The van der Waals surface area contributed by atoms with Crippen LogP contribution in [0.2, 0.25) is 0 Å². The topological polar surface area (TPSA) is 55.8 Å². The van der Waals surface area contributed by atoms with Crippen molar-refractivity contribution < 1.29 is 19.1 Å². The molecule has 1 aliphatic rings. The molecule has 1 aliphatic heterocycles. The van der Waals surface area contributed by atoms with Crippen molar-refractivity contribution in [1.29, 1.82) is 0 Å². The van der Waals surface area contributed by atoms with Crippen LogP contribution in [0.5, 0.6) is 0 Å². The van der Waals surface area contributed by atoms with Gasteiger partial charge in [0.25, 0.3) is 0 Å². The highest BCUT2D eigenvalue weighted by Gasteiger charge is 2.50. The second-order valence-corrected chi connectivity index (χ2v) is 7.61. The highest BCUT2D eigenvalue weighted by Crippen LogP contribution is 2.36. The minimum Gasteiger partial charge on any atom is -0.444 e. The molecule has 132 valence electrons. The van der Waals surface area contributed by atoms with Gasteiger partial charge in [0.05, 0.1) is 12.1 Å². The van der Waals surface area contributed by atoms with Crippen LogP contribution in [0.4, 0.5) is 4.79 Å². The Hall–Kier alpha value is -1.88. The first-order valence-corrected chi connectivity index (χ1v) is 8.32. The molecule has 5 heteroatoms. The van der Waals surface area contributed by atoms with Gasteiger partial charge in [-0.25, -0.2) is 4.79 Å². The lowest BCUT2D eigenvalue weighted by molar-refractivity contribution is -0.112. The van der Waals surface area contributed by atoms with Crippen molar-refractivity contribution in [2.45, 2.75) is 70.9 Å². The zero-order valence-corrected chi connectivity index (χ0v) is 15.1. The predicted octanol–water partition coefficient (Wildman–Crippen LogP) is 3.56. The molecule has 0 aliphatic carbocycles. The molecule has 1 aromatic rings. The van der Waals surface area contributed by atoms with E-state index in [1.807, 2.05) is 65.0 Å². The highest BCUT2D eigenvalue weighted by atomic mass is 16.6. The summed E-state index contributed by atoms with van der Waals surface area (Å²) in [5.74, 6) is 0. The molecule has 0 radical (unpaired) electrons. The summed E-state index contributed by atoms with van der Waals surface area (Å²) in [7, 11) is 0. The number of rotatable bonds is 4. The molecule has 1 amide bonds. The van der Waals surface area contributed by atoms with Crippen molar-refractivity contribution in [1.82, 2.24) is 4.90 Å². The number of carbonyl (C=O) groups is 2. The van der Waals surface area contributed by atoms with Gasteiger partial charge in [-0.3, -0.25) is 4.90 Å². The summed E-state index contributed by atoms with van der Waals surface area (Å²) in [6.07, 6.45) is 0.951. The Bertz CT molecular complexity index is 577. The third kappa shape index (κ3) is 4.35. The molecule has 0 unspecified atom stereocenters.